The van der Waals surface area contributed by atoms with Crippen molar-refractivity contribution in [3.05, 3.63) is 0 Å². The minimum atomic E-state index is -0.428. The van der Waals surface area contributed by atoms with Crippen molar-refractivity contribution in [3.8, 4) is 0 Å². The lowest BCUT2D eigenvalue weighted by molar-refractivity contribution is -0.230. The number of hydrogen-bond donors (Lipinski definition) is 3. The van der Waals surface area contributed by atoms with Crippen LogP contribution < -0.4 is 10.6 Å². The predicted molar refractivity (Wildman–Crippen MR) is 73.9 cm³/mol. The van der Waals surface area contributed by atoms with Crippen molar-refractivity contribution < 1.29 is 14.3 Å². The number of nitrogens with one attached hydrogen (secondary N) is 2. The van der Waals surface area contributed by atoms with Crippen molar-refractivity contribution >= 4 is 18.5 Å². The quantitative estimate of drug-likeness (QED) is 0.327. The number of rotatable bonds is 9. The van der Waals surface area contributed by atoms with E-state index in [0.717, 1.165) is 32.2 Å². The number of hydrogen-bond acceptors (Lipinski definition) is 5. The molecule has 0 radical (unpaired) electrons. The molecule has 0 heterocycles. The summed E-state index contributed by atoms with van der Waals surface area (Å²) in [6, 6.07) is 0. The first kappa shape index (κ1) is 15.8. The van der Waals surface area contributed by atoms with Crippen molar-refractivity contribution in [2.45, 2.75) is 31.5 Å². The molecular formula is C12H24N2O3S. The van der Waals surface area contributed by atoms with Crippen molar-refractivity contribution in [2.75, 3.05) is 39.1 Å². The molecule has 1 aliphatic rings. The first-order valence-electron chi connectivity index (χ1n) is 6.52. The number of thiol groups is 1. The Morgan fingerprint density at radius 1 is 1.22 bits per heavy atom. The minimum Gasteiger partial charge on any atom is -0.353 e. The molecule has 1 amide bonds. The van der Waals surface area contributed by atoms with E-state index < -0.39 is 5.79 Å². The highest BCUT2D eigenvalue weighted by molar-refractivity contribution is 7.81. The monoisotopic (exact) mass is 276 g/mol. The Balaban J connectivity index is 2.22. The predicted octanol–water partition coefficient (Wildman–Crippen LogP) is 0.555. The highest BCUT2D eigenvalue weighted by atomic mass is 32.1. The fraction of sp³-hybridized carbons (Fsp3) is 0.917. The van der Waals surface area contributed by atoms with Crippen molar-refractivity contribution in [2.24, 2.45) is 0 Å². The van der Waals surface area contributed by atoms with Crippen LogP contribution in [0.5, 0.6) is 0 Å². The molecule has 2 N–H and O–H groups in total. The van der Waals surface area contributed by atoms with Crippen LogP contribution in [0.25, 0.3) is 0 Å². The first-order valence-corrected chi connectivity index (χ1v) is 7.16. The topological polar surface area (TPSA) is 59.6 Å². The largest absolute Gasteiger partial charge is 0.353 e. The Labute approximate surface area is 114 Å². The Hall–Kier alpha value is -0.300. The molecule has 0 spiro atoms. The maximum atomic E-state index is 11.0. The van der Waals surface area contributed by atoms with E-state index in [9.17, 15) is 4.79 Å². The summed E-state index contributed by atoms with van der Waals surface area (Å²) < 4.78 is 11.7. The van der Waals surface area contributed by atoms with Gasteiger partial charge in [-0.1, -0.05) is 0 Å². The van der Waals surface area contributed by atoms with Crippen LogP contribution in [-0.4, -0.2) is 50.8 Å². The zero-order valence-corrected chi connectivity index (χ0v) is 11.9. The van der Waals surface area contributed by atoms with Crippen LogP contribution in [0, 0.1) is 0 Å². The van der Waals surface area contributed by atoms with Gasteiger partial charge in [0.05, 0.1) is 19.0 Å². The molecule has 1 fully saturated rings. The Morgan fingerprint density at radius 2 is 1.83 bits per heavy atom. The molecule has 18 heavy (non-hydrogen) atoms. The lowest BCUT2D eigenvalue weighted by Gasteiger charge is -2.29. The Morgan fingerprint density at radius 3 is 2.39 bits per heavy atom. The second-order valence-corrected chi connectivity index (χ2v) is 4.74. The molecule has 0 unspecified atom stereocenters. The van der Waals surface area contributed by atoms with E-state index in [4.69, 9.17) is 9.47 Å². The average molecular weight is 276 g/mol. The number of likely N-dealkylation sites (N-methyl/N-ethyl adjacent to an activating group) is 1. The van der Waals surface area contributed by atoms with Crippen LogP contribution in [0.4, 0.5) is 0 Å². The second kappa shape index (κ2) is 8.74. The van der Waals surface area contributed by atoms with Crippen molar-refractivity contribution in [1.82, 2.24) is 10.6 Å². The number of carbonyl (C=O) groups is 1. The van der Waals surface area contributed by atoms with Gasteiger partial charge in [0, 0.05) is 25.9 Å². The van der Waals surface area contributed by atoms with Crippen molar-refractivity contribution in [3.63, 3.8) is 0 Å². The molecule has 6 heteroatoms. The molecule has 1 saturated carbocycles. The number of amides is 1. The van der Waals surface area contributed by atoms with Gasteiger partial charge in [-0.2, -0.15) is 12.6 Å². The van der Waals surface area contributed by atoms with Gasteiger partial charge < -0.3 is 20.1 Å². The van der Waals surface area contributed by atoms with Crippen LogP contribution in [0.15, 0.2) is 0 Å². The first-order chi connectivity index (χ1) is 8.72. The summed E-state index contributed by atoms with van der Waals surface area (Å²) in [7, 11) is 1.90. The SMILES string of the molecule is CNCCOC1(OCCNC(=O)CS)CCCC1. The van der Waals surface area contributed by atoms with Crippen LogP contribution in [0.3, 0.4) is 0 Å². The van der Waals surface area contributed by atoms with Gasteiger partial charge in [0.15, 0.2) is 5.79 Å². The van der Waals surface area contributed by atoms with Crippen molar-refractivity contribution in [1.29, 1.82) is 0 Å². The van der Waals surface area contributed by atoms with E-state index in [-0.39, 0.29) is 11.7 Å². The van der Waals surface area contributed by atoms with Gasteiger partial charge in [-0.05, 0) is 19.9 Å². The summed E-state index contributed by atoms with van der Waals surface area (Å²) >= 11 is 3.89. The third-order valence-corrected chi connectivity index (χ3v) is 3.30. The molecular weight excluding hydrogens is 252 g/mol. The van der Waals surface area contributed by atoms with Gasteiger partial charge >= 0.3 is 0 Å². The van der Waals surface area contributed by atoms with Gasteiger partial charge in [-0.25, -0.2) is 0 Å². The average Bonchev–Trinajstić information content (AvgIpc) is 2.84. The number of carbonyl (C=O) groups excluding carboxylic acids is 1. The third-order valence-electron chi connectivity index (χ3n) is 3.02. The lowest BCUT2D eigenvalue weighted by Crippen LogP contribution is -2.38. The second-order valence-electron chi connectivity index (χ2n) is 4.43. The van der Waals surface area contributed by atoms with E-state index in [1.54, 1.807) is 0 Å². The summed E-state index contributed by atoms with van der Waals surface area (Å²) in [4.78, 5) is 11.0. The highest BCUT2D eigenvalue weighted by Crippen LogP contribution is 2.34. The van der Waals surface area contributed by atoms with Gasteiger partial charge in [0.2, 0.25) is 5.91 Å². The zero-order valence-electron chi connectivity index (χ0n) is 11.0. The molecule has 0 saturated heterocycles. The molecule has 106 valence electrons. The molecule has 1 rings (SSSR count). The normalized spacial score (nSPS) is 17.9. The standard InChI is InChI=1S/C12H24N2O3S/c1-13-6-8-16-12(4-2-3-5-12)17-9-7-14-11(15)10-18/h13,18H,2-10H2,1H3,(H,14,15). The van der Waals surface area contributed by atoms with Gasteiger partial charge in [-0.15, -0.1) is 0 Å². The molecule has 0 atom stereocenters. The van der Waals surface area contributed by atoms with Gasteiger partial charge in [-0.3, -0.25) is 4.79 Å². The van der Waals surface area contributed by atoms with E-state index in [2.05, 4.69) is 23.3 Å². The van der Waals surface area contributed by atoms with Gasteiger partial charge in [0.1, 0.15) is 0 Å². The van der Waals surface area contributed by atoms with E-state index >= 15 is 0 Å². The van der Waals surface area contributed by atoms with E-state index in [1.165, 1.54) is 0 Å². The van der Waals surface area contributed by atoms with Gasteiger partial charge in [0.25, 0.3) is 0 Å². The molecule has 0 aromatic heterocycles. The molecule has 0 aliphatic heterocycles. The maximum absolute atomic E-state index is 11.0. The Bertz CT molecular complexity index is 245. The fourth-order valence-corrected chi connectivity index (χ4v) is 2.18. The minimum absolute atomic E-state index is 0.0708. The molecule has 0 aromatic rings. The van der Waals surface area contributed by atoms with E-state index in [0.29, 0.717) is 19.8 Å². The Kier molecular flexibility index (Phi) is 7.65. The molecule has 5 nitrogen and oxygen atoms in total. The highest BCUT2D eigenvalue weighted by Gasteiger charge is 2.35. The molecule has 0 bridgehead atoms. The van der Waals surface area contributed by atoms with Crippen LogP contribution >= 0.6 is 12.6 Å². The molecule has 1 aliphatic carbocycles. The number of ether oxygens (including phenoxy) is 2. The van der Waals surface area contributed by atoms with E-state index in [1.807, 2.05) is 7.05 Å². The fourth-order valence-electron chi connectivity index (χ4n) is 2.07. The van der Waals surface area contributed by atoms with Crippen LogP contribution in [-0.2, 0) is 14.3 Å². The summed E-state index contributed by atoms with van der Waals surface area (Å²) in [5.41, 5.74) is 0. The zero-order chi connectivity index (χ0) is 13.3. The third kappa shape index (κ3) is 5.56. The smallest absolute Gasteiger partial charge is 0.229 e. The van der Waals surface area contributed by atoms with Crippen LogP contribution in [0.1, 0.15) is 25.7 Å². The lowest BCUT2D eigenvalue weighted by atomic mass is 10.2. The summed E-state index contributed by atoms with van der Waals surface area (Å²) in [6.45, 7) is 2.47. The summed E-state index contributed by atoms with van der Waals surface area (Å²) in [6.07, 6.45) is 4.17. The maximum Gasteiger partial charge on any atom is 0.229 e. The van der Waals surface area contributed by atoms with Crippen LogP contribution in [0.2, 0.25) is 0 Å². The summed E-state index contributed by atoms with van der Waals surface area (Å²) in [5, 5.41) is 5.79. The molecule has 0 aromatic carbocycles. The summed E-state index contributed by atoms with van der Waals surface area (Å²) in [5.74, 6) is -0.287.